The Labute approximate surface area is 191 Å². The second-order valence-corrected chi connectivity index (χ2v) is 8.97. The molecule has 0 spiro atoms. The topological polar surface area (TPSA) is 104 Å². The highest BCUT2D eigenvalue weighted by Gasteiger charge is 2.48. The molecule has 0 bridgehead atoms. The van der Waals surface area contributed by atoms with Crippen molar-refractivity contribution in [3.8, 4) is 0 Å². The van der Waals surface area contributed by atoms with Crippen LogP contribution in [0.25, 0.3) is 0 Å². The van der Waals surface area contributed by atoms with Gasteiger partial charge in [-0.05, 0) is 19.8 Å². The van der Waals surface area contributed by atoms with Gasteiger partial charge >= 0.3 is 0 Å². The Morgan fingerprint density at radius 1 is 1.38 bits per heavy atom. The van der Waals surface area contributed by atoms with Gasteiger partial charge in [0.25, 0.3) is 0 Å². The van der Waals surface area contributed by atoms with Crippen molar-refractivity contribution in [2.45, 2.75) is 52.7 Å². The summed E-state index contributed by atoms with van der Waals surface area (Å²) >= 11 is 0. The first kappa shape index (κ1) is 26.4. The SMILES string of the molecule is CCOP(OCC)c1nccn1CC1OC(N(C=O)/C=C\C(=O)NC)C(OC)C1C(C)C. The van der Waals surface area contributed by atoms with Crippen LogP contribution in [-0.2, 0) is 34.7 Å². The number of hydrogen-bond donors (Lipinski definition) is 1. The van der Waals surface area contributed by atoms with E-state index in [4.69, 9.17) is 18.5 Å². The van der Waals surface area contributed by atoms with Crippen molar-refractivity contribution in [3.05, 3.63) is 24.7 Å². The van der Waals surface area contributed by atoms with E-state index < -0.39 is 14.6 Å². The van der Waals surface area contributed by atoms with Crippen LogP contribution in [0.2, 0.25) is 0 Å². The molecule has 2 rings (SSSR count). The van der Waals surface area contributed by atoms with Crippen molar-refractivity contribution in [1.29, 1.82) is 0 Å². The Kier molecular flexibility index (Phi) is 10.7. The first-order valence-electron chi connectivity index (χ1n) is 10.8. The highest BCUT2D eigenvalue weighted by molar-refractivity contribution is 7.55. The first-order valence-corrected chi connectivity index (χ1v) is 12.0. The molecule has 0 aliphatic carbocycles. The molecule has 1 aromatic rings. The lowest BCUT2D eigenvalue weighted by atomic mass is 9.86. The molecule has 1 aromatic heterocycles. The van der Waals surface area contributed by atoms with E-state index in [1.165, 1.54) is 24.2 Å². The van der Waals surface area contributed by atoms with Gasteiger partial charge in [0.2, 0.25) is 20.7 Å². The zero-order valence-corrected chi connectivity index (χ0v) is 20.5. The van der Waals surface area contributed by atoms with E-state index in [9.17, 15) is 9.59 Å². The molecular weight excluding hydrogens is 435 g/mol. The third-order valence-corrected chi connectivity index (χ3v) is 6.92. The Hall–Kier alpha value is -1.84. The van der Waals surface area contributed by atoms with Crippen LogP contribution in [0.5, 0.6) is 0 Å². The van der Waals surface area contributed by atoms with Gasteiger partial charge in [-0.25, -0.2) is 4.98 Å². The molecule has 1 aliphatic rings. The van der Waals surface area contributed by atoms with Crippen LogP contribution in [0.3, 0.4) is 0 Å². The Morgan fingerprint density at radius 2 is 2.06 bits per heavy atom. The third-order valence-electron chi connectivity index (χ3n) is 5.23. The number of imidazole rings is 1. The number of aromatic nitrogens is 2. The van der Waals surface area contributed by atoms with Crippen LogP contribution in [-0.4, -0.2) is 72.6 Å². The van der Waals surface area contributed by atoms with Gasteiger partial charge in [0.05, 0.1) is 25.9 Å². The number of carbonyl (C=O) groups is 2. The molecule has 4 atom stereocenters. The summed E-state index contributed by atoms with van der Waals surface area (Å²) in [5, 5.41) is 2.49. The number of nitrogens with zero attached hydrogens (tertiary/aromatic N) is 3. The summed E-state index contributed by atoms with van der Waals surface area (Å²) in [5.74, 6) is -0.0933. The molecule has 1 aliphatic heterocycles. The lowest BCUT2D eigenvalue weighted by Crippen LogP contribution is -2.41. The van der Waals surface area contributed by atoms with Crippen molar-refractivity contribution in [2.75, 3.05) is 27.4 Å². The zero-order chi connectivity index (χ0) is 23.7. The molecule has 32 heavy (non-hydrogen) atoms. The van der Waals surface area contributed by atoms with Crippen LogP contribution in [0.1, 0.15) is 27.7 Å². The van der Waals surface area contributed by atoms with Crippen molar-refractivity contribution >= 4 is 26.3 Å². The van der Waals surface area contributed by atoms with Crippen LogP contribution < -0.4 is 10.9 Å². The summed E-state index contributed by atoms with van der Waals surface area (Å²) in [4.78, 5) is 29.2. The van der Waals surface area contributed by atoms with Gasteiger partial charge in [0.15, 0.2) is 11.8 Å². The van der Waals surface area contributed by atoms with Crippen molar-refractivity contribution in [3.63, 3.8) is 0 Å². The summed E-state index contributed by atoms with van der Waals surface area (Å²) in [6.07, 6.45) is 5.64. The van der Waals surface area contributed by atoms with Crippen molar-refractivity contribution < 1.29 is 28.1 Å². The third kappa shape index (κ3) is 6.36. The average Bonchev–Trinajstić information content (AvgIpc) is 3.38. The van der Waals surface area contributed by atoms with E-state index in [-0.39, 0.29) is 30.0 Å². The van der Waals surface area contributed by atoms with E-state index in [1.807, 2.05) is 24.6 Å². The number of methoxy groups -OCH3 is 1. The van der Waals surface area contributed by atoms with Gasteiger partial charge in [-0.15, -0.1) is 0 Å². The number of amides is 2. The Bertz CT molecular complexity index is 752. The van der Waals surface area contributed by atoms with Gasteiger partial charge in [-0.1, -0.05) is 13.8 Å². The molecule has 0 saturated carbocycles. The monoisotopic (exact) mass is 470 g/mol. The minimum absolute atomic E-state index is 0.00140. The minimum Gasteiger partial charge on any atom is -0.376 e. The second kappa shape index (κ2) is 13.0. The smallest absolute Gasteiger partial charge is 0.245 e. The fourth-order valence-electron chi connectivity index (χ4n) is 3.85. The van der Waals surface area contributed by atoms with Gasteiger partial charge < -0.3 is 28.4 Å². The summed E-state index contributed by atoms with van der Waals surface area (Å²) < 4.78 is 25.7. The highest BCUT2D eigenvalue weighted by atomic mass is 31.2. The molecular formula is C21H35N4O6P. The standard InChI is InChI=1S/C21H35N4O6P/c1-7-29-32(30-8-2)21-23-10-12-24(21)13-16-18(15(3)4)19(28-6)20(31-16)25(14-26)11-9-17(27)22-5/h9-12,14-16,18-20H,7-8,13H2,1-6H3,(H,22,27)/b11-9-. The van der Waals surface area contributed by atoms with Gasteiger partial charge in [-0.3, -0.25) is 14.5 Å². The molecule has 11 heteroatoms. The number of carbonyl (C=O) groups excluding carboxylic acids is 2. The largest absolute Gasteiger partial charge is 0.376 e. The molecule has 1 saturated heterocycles. The molecule has 2 heterocycles. The normalized spacial score (nSPS) is 23.4. The quantitative estimate of drug-likeness (QED) is 0.265. The Balaban J connectivity index is 2.30. The van der Waals surface area contributed by atoms with Crippen molar-refractivity contribution in [2.24, 2.45) is 11.8 Å². The van der Waals surface area contributed by atoms with Gasteiger partial charge in [0.1, 0.15) is 6.10 Å². The molecule has 1 fully saturated rings. The molecule has 10 nitrogen and oxygen atoms in total. The molecule has 4 unspecified atom stereocenters. The zero-order valence-electron chi connectivity index (χ0n) is 19.6. The van der Waals surface area contributed by atoms with Crippen LogP contribution in [0.15, 0.2) is 24.7 Å². The van der Waals surface area contributed by atoms with Crippen LogP contribution in [0.4, 0.5) is 0 Å². The van der Waals surface area contributed by atoms with Gasteiger partial charge in [0, 0.05) is 44.7 Å². The molecule has 0 aromatic carbocycles. The lowest BCUT2D eigenvalue weighted by molar-refractivity contribution is -0.133. The van der Waals surface area contributed by atoms with E-state index in [2.05, 4.69) is 24.1 Å². The molecule has 2 amide bonds. The van der Waals surface area contributed by atoms with Crippen LogP contribution in [0, 0.1) is 11.8 Å². The predicted molar refractivity (Wildman–Crippen MR) is 121 cm³/mol. The summed E-state index contributed by atoms with van der Waals surface area (Å²) in [6.45, 7) is 9.58. The number of nitrogens with one attached hydrogen (secondary N) is 1. The number of rotatable bonds is 13. The maximum absolute atomic E-state index is 11.8. The average molecular weight is 471 g/mol. The fraction of sp³-hybridized carbons (Fsp3) is 0.667. The number of likely N-dealkylation sites (N-methyl/N-ethyl adjacent to an activating group) is 1. The number of ether oxygens (including phenoxy) is 2. The van der Waals surface area contributed by atoms with E-state index in [0.717, 1.165) is 5.57 Å². The molecule has 0 radical (unpaired) electrons. The van der Waals surface area contributed by atoms with E-state index >= 15 is 0 Å². The van der Waals surface area contributed by atoms with Gasteiger partial charge in [-0.2, -0.15) is 0 Å². The molecule has 180 valence electrons. The maximum atomic E-state index is 11.8. The summed E-state index contributed by atoms with van der Waals surface area (Å²) in [7, 11) is 1.83. The first-order chi connectivity index (χ1) is 15.4. The van der Waals surface area contributed by atoms with Crippen molar-refractivity contribution in [1.82, 2.24) is 19.8 Å². The maximum Gasteiger partial charge on any atom is 0.245 e. The minimum atomic E-state index is -1.30. The fourth-order valence-corrected chi connectivity index (χ4v) is 5.14. The van der Waals surface area contributed by atoms with E-state index in [1.54, 1.807) is 13.3 Å². The second-order valence-electron chi connectivity index (χ2n) is 7.54. The highest BCUT2D eigenvalue weighted by Crippen LogP contribution is 2.39. The summed E-state index contributed by atoms with van der Waals surface area (Å²) in [6, 6.07) is 0. The lowest BCUT2D eigenvalue weighted by Gasteiger charge is -2.28. The van der Waals surface area contributed by atoms with Crippen LogP contribution >= 0.6 is 8.38 Å². The predicted octanol–water partition coefficient (Wildman–Crippen LogP) is 1.62. The van der Waals surface area contributed by atoms with E-state index in [0.29, 0.717) is 26.2 Å². The Morgan fingerprint density at radius 3 is 2.59 bits per heavy atom. The molecule has 1 N–H and O–H groups in total. The number of hydrogen-bond acceptors (Lipinski definition) is 7. The summed E-state index contributed by atoms with van der Waals surface area (Å²) in [5.41, 5.74) is 0.721.